The Morgan fingerprint density at radius 1 is 0.875 bits per heavy atom. The number of hydrogen-bond acceptors (Lipinski definition) is 5. The Morgan fingerprint density at radius 2 is 1.77 bits per heavy atom. The van der Waals surface area contributed by atoms with Crippen LogP contribution in [0.2, 0.25) is 0 Å². The van der Waals surface area contributed by atoms with E-state index in [4.69, 9.17) is 15.0 Å². The minimum Gasteiger partial charge on any atom is -0.368 e. The number of allylic oxidation sites excluding steroid dienone is 7. The molecular formula is C43H36N4S. The summed E-state index contributed by atoms with van der Waals surface area (Å²) in [5.74, 6) is 3.22. The molecular weight excluding hydrogens is 605 g/mol. The van der Waals surface area contributed by atoms with Crippen molar-refractivity contribution in [3.05, 3.63) is 143 Å². The van der Waals surface area contributed by atoms with Crippen molar-refractivity contribution in [1.29, 1.82) is 0 Å². The molecule has 6 unspecified atom stereocenters. The third kappa shape index (κ3) is 3.63. The van der Waals surface area contributed by atoms with Crippen molar-refractivity contribution in [3.63, 3.8) is 0 Å². The fraction of sp³-hybridized carbons (Fsp3) is 0.279. The third-order valence-electron chi connectivity index (χ3n) is 12.2. The number of nitrogens with one attached hydrogen (secondary N) is 1. The number of benzene rings is 3. The second-order valence-corrected chi connectivity index (χ2v) is 15.5. The van der Waals surface area contributed by atoms with Crippen LogP contribution in [0.15, 0.2) is 131 Å². The lowest BCUT2D eigenvalue weighted by molar-refractivity contribution is 0.348. The number of amidine groups is 1. The molecule has 0 fully saturated rings. The molecule has 6 atom stereocenters. The number of aromatic nitrogens is 2. The molecule has 234 valence electrons. The van der Waals surface area contributed by atoms with Crippen molar-refractivity contribution in [1.82, 2.24) is 15.3 Å². The van der Waals surface area contributed by atoms with E-state index in [9.17, 15) is 0 Å². The highest BCUT2D eigenvalue weighted by Gasteiger charge is 2.60. The predicted molar refractivity (Wildman–Crippen MR) is 196 cm³/mol. The summed E-state index contributed by atoms with van der Waals surface area (Å²) >= 11 is 1.97. The maximum Gasteiger partial charge on any atom is 0.128 e. The van der Waals surface area contributed by atoms with Gasteiger partial charge in [-0.1, -0.05) is 85.0 Å². The van der Waals surface area contributed by atoms with Crippen LogP contribution < -0.4 is 5.32 Å². The zero-order valence-electron chi connectivity index (χ0n) is 26.8. The van der Waals surface area contributed by atoms with E-state index in [2.05, 4.69) is 96.4 Å². The van der Waals surface area contributed by atoms with Crippen LogP contribution in [0.3, 0.4) is 0 Å². The van der Waals surface area contributed by atoms with Crippen molar-refractivity contribution in [3.8, 4) is 11.1 Å². The van der Waals surface area contributed by atoms with Gasteiger partial charge in [-0.05, 0) is 83.6 Å². The summed E-state index contributed by atoms with van der Waals surface area (Å²) in [7, 11) is 0. The van der Waals surface area contributed by atoms with E-state index in [1.807, 2.05) is 29.8 Å². The number of nitrogens with zero attached hydrogens (tertiary/aromatic N) is 3. The van der Waals surface area contributed by atoms with Gasteiger partial charge in [0.2, 0.25) is 0 Å². The molecule has 1 aliphatic heterocycles. The maximum atomic E-state index is 5.33. The lowest BCUT2D eigenvalue weighted by Crippen LogP contribution is -2.42. The van der Waals surface area contributed by atoms with E-state index >= 15 is 0 Å². The van der Waals surface area contributed by atoms with Crippen LogP contribution in [0.4, 0.5) is 0 Å². The predicted octanol–water partition coefficient (Wildman–Crippen LogP) is 9.28. The van der Waals surface area contributed by atoms with E-state index in [1.165, 1.54) is 60.3 Å². The Balaban J connectivity index is 1.15. The summed E-state index contributed by atoms with van der Waals surface area (Å²) in [6, 6.07) is 26.0. The van der Waals surface area contributed by atoms with E-state index < -0.39 is 0 Å². The quantitative estimate of drug-likeness (QED) is 0.200. The molecule has 6 aliphatic rings. The fourth-order valence-electron chi connectivity index (χ4n) is 10.4. The first-order valence-electron chi connectivity index (χ1n) is 17.7. The third-order valence-corrected chi connectivity index (χ3v) is 13.4. The van der Waals surface area contributed by atoms with Gasteiger partial charge in [0.05, 0.1) is 17.5 Å². The summed E-state index contributed by atoms with van der Waals surface area (Å²) in [5, 5.41) is 6.67. The summed E-state index contributed by atoms with van der Waals surface area (Å²) in [6.45, 7) is 0. The van der Waals surface area contributed by atoms with Gasteiger partial charge in [-0.3, -0.25) is 4.99 Å². The monoisotopic (exact) mass is 640 g/mol. The van der Waals surface area contributed by atoms with Crippen LogP contribution in [0.5, 0.6) is 0 Å². The first-order chi connectivity index (χ1) is 23.8. The summed E-state index contributed by atoms with van der Waals surface area (Å²) in [6.07, 6.45) is 22.2. The topological polar surface area (TPSA) is 50.2 Å². The molecule has 5 aliphatic carbocycles. The largest absolute Gasteiger partial charge is 0.368 e. The molecule has 1 spiro atoms. The molecule has 0 amide bonds. The van der Waals surface area contributed by atoms with Crippen LogP contribution in [0.25, 0.3) is 31.3 Å². The summed E-state index contributed by atoms with van der Waals surface area (Å²) < 4.78 is 2.79. The molecule has 0 saturated heterocycles. The average molecular weight is 641 g/mol. The highest BCUT2D eigenvalue weighted by atomic mass is 32.1. The van der Waals surface area contributed by atoms with Gasteiger partial charge in [-0.15, -0.1) is 11.3 Å². The molecule has 0 bridgehead atoms. The molecule has 1 N–H and O–H groups in total. The zero-order chi connectivity index (χ0) is 31.4. The second kappa shape index (κ2) is 10.2. The van der Waals surface area contributed by atoms with Crippen molar-refractivity contribution in [2.24, 2.45) is 22.7 Å². The molecule has 2 aromatic heterocycles. The first-order valence-corrected chi connectivity index (χ1v) is 18.5. The summed E-state index contributed by atoms with van der Waals surface area (Å²) in [5.41, 5.74) is 10.2. The van der Waals surface area contributed by atoms with Crippen molar-refractivity contribution < 1.29 is 0 Å². The average Bonchev–Trinajstić information content (AvgIpc) is 3.89. The molecule has 4 nitrogen and oxygen atoms in total. The smallest absolute Gasteiger partial charge is 0.128 e. The van der Waals surface area contributed by atoms with Crippen molar-refractivity contribution >= 4 is 37.3 Å². The van der Waals surface area contributed by atoms with Crippen LogP contribution in [0, 0.1) is 17.8 Å². The van der Waals surface area contributed by atoms with Gasteiger partial charge in [-0.25, -0.2) is 9.97 Å². The van der Waals surface area contributed by atoms with Gasteiger partial charge in [0.15, 0.2) is 0 Å². The van der Waals surface area contributed by atoms with E-state index in [0.29, 0.717) is 23.8 Å². The minimum atomic E-state index is -0.244. The van der Waals surface area contributed by atoms with E-state index in [1.54, 1.807) is 11.1 Å². The van der Waals surface area contributed by atoms with Crippen molar-refractivity contribution in [2.45, 2.75) is 56.0 Å². The summed E-state index contributed by atoms with van der Waals surface area (Å²) in [4.78, 5) is 14.8. The molecule has 11 rings (SSSR count). The van der Waals surface area contributed by atoms with Gasteiger partial charge < -0.3 is 5.32 Å². The normalized spacial score (nSPS) is 29.4. The number of rotatable bonds is 3. The van der Waals surface area contributed by atoms with Gasteiger partial charge in [-0.2, -0.15) is 0 Å². The molecule has 0 radical (unpaired) electrons. The van der Waals surface area contributed by atoms with Gasteiger partial charge in [0, 0.05) is 56.4 Å². The van der Waals surface area contributed by atoms with Crippen LogP contribution >= 0.6 is 11.3 Å². The Bertz CT molecular complexity index is 2320. The van der Waals surface area contributed by atoms with E-state index in [0.717, 1.165) is 37.9 Å². The highest BCUT2D eigenvalue weighted by Crippen LogP contribution is 2.69. The highest BCUT2D eigenvalue weighted by molar-refractivity contribution is 7.26. The standard InChI is InChI=1S/C43H36N4S/c1-3-13-32-31(11-1)39-33(20-19-30-28-10-2-6-16-37(28)48-41(30)39)43(32)34-23-26(42-46-35-14-4-5-15-36(35)47-42)17-18-27(34)29-12-7-9-25(40(29)43)24-38-44-21-8-22-45-38/h1-4,6-8,10-14,16,18-22,25-26,34-36H,5,9,15,17,23-24H2,(H,46,47). The lowest BCUT2D eigenvalue weighted by Gasteiger charge is -2.42. The second-order valence-electron chi connectivity index (χ2n) is 14.5. The Kier molecular flexibility index (Phi) is 5.81. The van der Waals surface area contributed by atoms with Gasteiger partial charge in [0.25, 0.3) is 0 Å². The maximum absolute atomic E-state index is 5.33. The lowest BCUT2D eigenvalue weighted by atomic mass is 9.59. The van der Waals surface area contributed by atoms with Gasteiger partial charge in [0.1, 0.15) is 11.7 Å². The SMILES string of the molecule is C1=CC2N=C(C3CC=C4C5=C(C(Cc6ncccn6)CC=C5)C5(c6ccccc6-c6c5ccc5c6sc6ccccc65)C4C3)NC2CC1. The Morgan fingerprint density at radius 3 is 2.71 bits per heavy atom. The zero-order valence-corrected chi connectivity index (χ0v) is 27.6. The van der Waals surface area contributed by atoms with E-state index in [-0.39, 0.29) is 11.5 Å². The number of aliphatic imine (C=N–C) groups is 1. The molecule has 48 heavy (non-hydrogen) atoms. The van der Waals surface area contributed by atoms with Gasteiger partial charge >= 0.3 is 0 Å². The van der Waals surface area contributed by atoms with Crippen LogP contribution in [0.1, 0.15) is 49.1 Å². The first kappa shape index (κ1) is 27.4. The molecule has 0 saturated carbocycles. The number of fused-ring (bicyclic) bond motifs is 14. The van der Waals surface area contributed by atoms with Crippen LogP contribution in [-0.4, -0.2) is 27.9 Å². The molecule has 3 heterocycles. The molecule has 3 aromatic carbocycles. The molecule has 5 heteroatoms. The molecule has 5 aromatic rings. The minimum absolute atomic E-state index is 0.244. The van der Waals surface area contributed by atoms with Crippen molar-refractivity contribution in [2.75, 3.05) is 0 Å². The number of hydrogen-bond donors (Lipinski definition) is 1. The number of thiophene rings is 1. The fourth-order valence-corrected chi connectivity index (χ4v) is 11.7. The van der Waals surface area contributed by atoms with Crippen LogP contribution in [-0.2, 0) is 11.8 Å². The Hall–Kier alpha value is -4.61. The Labute approximate surface area is 284 Å².